The molecule has 0 aliphatic carbocycles. The lowest BCUT2D eigenvalue weighted by molar-refractivity contribution is 0.100. The predicted molar refractivity (Wildman–Crippen MR) is 94.6 cm³/mol. The van der Waals surface area contributed by atoms with Gasteiger partial charge in [0.25, 0.3) is 5.91 Å². The van der Waals surface area contributed by atoms with Crippen molar-refractivity contribution in [2.75, 3.05) is 4.90 Å². The summed E-state index contributed by atoms with van der Waals surface area (Å²) >= 11 is 1.46. The highest BCUT2D eigenvalue weighted by Crippen LogP contribution is 2.30. The number of carbonyl (C=O) groups is 1. The van der Waals surface area contributed by atoms with Crippen LogP contribution in [-0.4, -0.2) is 10.3 Å². The van der Waals surface area contributed by atoms with Gasteiger partial charge in [0.15, 0.2) is 0 Å². The Balaban J connectivity index is 1.91. The van der Waals surface area contributed by atoms with E-state index in [1.54, 1.807) is 4.90 Å². The number of aromatic nitrogens is 1. The summed E-state index contributed by atoms with van der Waals surface area (Å²) in [6.07, 6.45) is 1.97. The zero-order valence-electron chi connectivity index (χ0n) is 12.3. The Kier molecular flexibility index (Phi) is 3.44. The number of anilines is 2. The minimum atomic E-state index is -0.0185. The molecule has 4 rings (SSSR count). The molecule has 0 saturated heterocycles. The molecule has 1 amide bonds. The summed E-state index contributed by atoms with van der Waals surface area (Å²) in [5, 5.41) is 1.92. The van der Waals surface area contributed by atoms with Crippen molar-refractivity contribution < 1.29 is 4.79 Å². The molecule has 0 spiro atoms. The third kappa shape index (κ3) is 2.43. The lowest BCUT2D eigenvalue weighted by atomic mass is 10.2. The van der Waals surface area contributed by atoms with E-state index in [2.05, 4.69) is 0 Å². The van der Waals surface area contributed by atoms with Crippen LogP contribution in [0.4, 0.5) is 11.5 Å². The monoisotopic (exact) mass is 318 g/mol. The minimum absolute atomic E-state index is 0.0185. The van der Waals surface area contributed by atoms with Gasteiger partial charge in [-0.05, 0) is 47.8 Å². The second kappa shape index (κ2) is 5.74. The van der Waals surface area contributed by atoms with Crippen molar-refractivity contribution >= 4 is 34.3 Å². The lowest BCUT2D eigenvalue weighted by Gasteiger charge is -2.22. The molecule has 1 aromatic carbocycles. The maximum Gasteiger partial charge on any atom is 0.274 e. The van der Waals surface area contributed by atoms with Gasteiger partial charge < -0.3 is 4.40 Å². The Morgan fingerprint density at radius 2 is 1.70 bits per heavy atom. The van der Waals surface area contributed by atoms with Crippen molar-refractivity contribution in [2.45, 2.75) is 0 Å². The Morgan fingerprint density at radius 1 is 0.870 bits per heavy atom. The molecule has 0 unspecified atom stereocenters. The number of para-hydroxylation sites is 1. The Bertz CT molecular complexity index is 942. The number of fused-ring (bicyclic) bond motifs is 1. The van der Waals surface area contributed by atoms with E-state index < -0.39 is 0 Å². The van der Waals surface area contributed by atoms with Crippen LogP contribution in [0.25, 0.3) is 5.52 Å². The number of carbonyl (C=O) groups excluding carboxylic acids is 1. The van der Waals surface area contributed by atoms with Crippen LogP contribution in [-0.2, 0) is 0 Å². The first-order chi connectivity index (χ1) is 11.3. The van der Waals surface area contributed by atoms with Crippen molar-refractivity contribution in [3.63, 3.8) is 0 Å². The van der Waals surface area contributed by atoms with Gasteiger partial charge in [-0.25, -0.2) is 0 Å². The first-order valence-corrected chi connectivity index (χ1v) is 8.22. The minimum Gasteiger partial charge on any atom is -0.303 e. The van der Waals surface area contributed by atoms with Crippen molar-refractivity contribution in [3.8, 4) is 0 Å². The molecular formula is C19H14N2OS. The van der Waals surface area contributed by atoms with E-state index in [-0.39, 0.29) is 5.91 Å². The van der Waals surface area contributed by atoms with Crippen molar-refractivity contribution in [2.24, 2.45) is 0 Å². The van der Waals surface area contributed by atoms with E-state index >= 15 is 0 Å². The molecule has 23 heavy (non-hydrogen) atoms. The van der Waals surface area contributed by atoms with Gasteiger partial charge in [0.05, 0.1) is 10.6 Å². The second-order valence-electron chi connectivity index (χ2n) is 5.14. The fourth-order valence-corrected chi connectivity index (χ4v) is 3.32. The van der Waals surface area contributed by atoms with E-state index in [0.29, 0.717) is 0 Å². The molecule has 4 aromatic rings. The number of nitrogens with zero attached hydrogens (tertiary/aromatic N) is 2. The van der Waals surface area contributed by atoms with Gasteiger partial charge in [-0.1, -0.05) is 30.3 Å². The Morgan fingerprint density at radius 3 is 2.48 bits per heavy atom. The van der Waals surface area contributed by atoms with Crippen LogP contribution in [0.15, 0.2) is 84.4 Å². The molecule has 4 heteroatoms. The molecule has 0 atom stereocenters. The number of hydrogen-bond donors (Lipinski definition) is 0. The van der Waals surface area contributed by atoms with Crippen LogP contribution in [0.1, 0.15) is 9.67 Å². The molecular weight excluding hydrogens is 304 g/mol. The van der Waals surface area contributed by atoms with Gasteiger partial charge in [-0.2, -0.15) is 0 Å². The summed E-state index contributed by atoms with van der Waals surface area (Å²) in [6.45, 7) is 0. The van der Waals surface area contributed by atoms with E-state index in [9.17, 15) is 4.79 Å². The Hall–Kier alpha value is -2.85. The van der Waals surface area contributed by atoms with Gasteiger partial charge >= 0.3 is 0 Å². The highest BCUT2D eigenvalue weighted by atomic mass is 32.1. The van der Waals surface area contributed by atoms with Crippen molar-refractivity contribution in [1.82, 2.24) is 4.40 Å². The van der Waals surface area contributed by atoms with Crippen LogP contribution in [0.3, 0.4) is 0 Å². The summed E-state index contributed by atoms with van der Waals surface area (Å²) in [7, 11) is 0. The molecule has 3 heterocycles. The lowest BCUT2D eigenvalue weighted by Crippen LogP contribution is -2.26. The van der Waals surface area contributed by atoms with E-state index in [0.717, 1.165) is 21.9 Å². The molecule has 3 nitrogen and oxygen atoms in total. The third-order valence-electron chi connectivity index (χ3n) is 3.72. The molecule has 0 bridgehead atoms. The first kappa shape index (κ1) is 13.8. The Labute approximate surface area is 138 Å². The van der Waals surface area contributed by atoms with E-state index in [1.165, 1.54) is 11.3 Å². The quantitative estimate of drug-likeness (QED) is 0.523. The van der Waals surface area contributed by atoms with Crippen LogP contribution in [0.2, 0.25) is 0 Å². The molecule has 0 aliphatic heterocycles. The molecule has 0 radical (unpaired) electrons. The summed E-state index contributed by atoms with van der Waals surface area (Å²) < 4.78 is 2.03. The number of amides is 1. The van der Waals surface area contributed by atoms with E-state index in [1.807, 2.05) is 88.8 Å². The number of thiophene rings is 1. The summed E-state index contributed by atoms with van der Waals surface area (Å²) in [5.41, 5.74) is 1.91. The van der Waals surface area contributed by atoms with Gasteiger partial charge in [0.2, 0.25) is 0 Å². The van der Waals surface area contributed by atoms with Gasteiger partial charge in [0.1, 0.15) is 5.82 Å². The highest BCUT2D eigenvalue weighted by molar-refractivity contribution is 7.12. The number of benzene rings is 1. The molecule has 0 N–H and O–H groups in total. The average molecular weight is 318 g/mol. The number of rotatable bonds is 3. The predicted octanol–water partition coefficient (Wildman–Crippen LogP) is 4.98. The smallest absolute Gasteiger partial charge is 0.274 e. The zero-order valence-corrected chi connectivity index (χ0v) is 13.1. The molecule has 0 fully saturated rings. The van der Waals surface area contributed by atoms with Crippen molar-refractivity contribution in [1.29, 1.82) is 0 Å². The largest absolute Gasteiger partial charge is 0.303 e. The number of pyridine rings is 1. The zero-order chi connectivity index (χ0) is 15.6. The molecule has 0 saturated carbocycles. The van der Waals surface area contributed by atoms with Crippen LogP contribution < -0.4 is 4.90 Å². The highest BCUT2D eigenvalue weighted by Gasteiger charge is 2.22. The first-order valence-electron chi connectivity index (χ1n) is 7.34. The molecule has 3 aromatic heterocycles. The molecule has 112 valence electrons. The third-order valence-corrected chi connectivity index (χ3v) is 4.58. The topological polar surface area (TPSA) is 24.7 Å². The average Bonchev–Trinajstić information content (AvgIpc) is 3.26. The standard InChI is InChI=1S/C19H14N2OS/c22-19(17-10-6-14-23-17)21(16-8-2-1-3-9-16)18-12-11-15-7-4-5-13-20(15)18/h1-14H. The normalized spacial score (nSPS) is 10.8. The fourth-order valence-electron chi connectivity index (χ4n) is 2.66. The van der Waals surface area contributed by atoms with Crippen LogP contribution in [0.5, 0.6) is 0 Å². The second-order valence-corrected chi connectivity index (χ2v) is 6.09. The van der Waals surface area contributed by atoms with Gasteiger partial charge in [-0.3, -0.25) is 9.69 Å². The summed E-state index contributed by atoms with van der Waals surface area (Å²) in [6, 6.07) is 23.5. The van der Waals surface area contributed by atoms with Crippen LogP contribution in [0, 0.1) is 0 Å². The summed E-state index contributed by atoms with van der Waals surface area (Å²) in [5.74, 6) is 0.820. The van der Waals surface area contributed by atoms with Gasteiger partial charge in [-0.15, -0.1) is 11.3 Å². The molecule has 0 aliphatic rings. The maximum absolute atomic E-state index is 13.1. The van der Waals surface area contributed by atoms with Crippen LogP contribution >= 0.6 is 11.3 Å². The van der Waals surface area contributed by atoms with Crippen molar-refractivity contribution in [3.05, 3.63) is 89.3 Å². The summed E-state index contributed by atoms with van der Waals surface area (Å²) in [4.78, 5) is 15.6. The van der Waals surface area contributed by atoms with Gasteiger partial charge in [0, 0.05) is 11.7 Å². The fraction of sp³-hybridized carbons (Fsp3) is 0. The maximum atomic E-state index is 13.1. The SMILES string of the molecule is O=C(c1cccs1)N(c1ccccc1)c1ccc2ccccn12. The van der Waals surface area contributed by atoms with E-state index in [4.69, 9.17) is 0 Å². The number of hydrogen-bond acceptors (Lipinski definition) is 2.